The van der Waals surface area contributed by atoms with Crippen LogP contribution in [0.2, 0.25) is 0 Å². The number of aromatic nitrogens is 3. The zero-order chi connectivity index (χ0) is 14.4. The van der Waals surface area contributed by atoms with Gasteiger partial charge >= 0.3 is 0 Å². The highest BCUT2D eigenvalue weighted by atomic mass is 32.1. The van der Waals surface area contributed by atoms with Crippen LogP contribution in [-0.2, 0) is 16.6 Å². The lowest BCUT2D eigenvalue weighted by Gasteiger charge is -2.25. The van der Waals surface area contributed by atoms with Crippen LogP contribution in [-0.4, -0.2) is 34.6 Å². The maximum atomic E-state index is 5.03. The van der Waals surface area contributed by atoms with Crippen molar-refractivity contribution in [1.82, 2.24) is 14.3 Å². The predicted molar refractivity (Wildman–Crippen MR) is 81.2 cm³/mol. The van der Waals surface area contributed by atoms with Gasteiger partial charge in [-0.1, -0.05) is 13.8 Å². The fourth-order valence-electron chi connectivity index (χ4n) is 1.82. The van der Waals surface area contributed by atoms with Crippen molar-refractivity contribution >= 4 is 16.7 Å². The van der Waals surface area contributed by atoms with Gasteiger partial charge in [-0.3, -0.25) is 4.98 Å². The van der Waals surface area contributed by atoms with E-state index in [1.807, 2.05) is 24.5 Å². The van der Waals surface area contributed by atoms with Gasteiger partial charge < -0.3 is 10.1 Å². The van der Waals surface area contributed by atoms with Crippen LogP contribution in [0.15, 0.2) is 24.5 Å². The minimum Gasteiger partial charge on any atom is -0.384 e. The summed E-state index contributed by atoms with van der Waals surface area (Å²) in [5.74, 6) is 0.834. The molecule has 0 saturated heterocycles. The molecule has 0 bridgehead atoms. The van der Waals surface area contributed by atoms with Gasteiger partial charge in [-0.2, -0.15) is 4.37 Å². The van der Waals surface area contributed by atoms with Crippen molar-refractivity contribution in [3.05, 3.63) is 35.9 Å². The number of pyridine rings is 1. The Morgan fingerprint density at radius 2 is 2.05 bits per heavy atom. The molecule has 0 aromatic carbocycles. The third kappa shape index (κ3) is 3.98. The Bertz CT molecular complexity index is 527. The minimum atomic E-state index is 0.0152. The first-order valence-corrected chi connectivity index (χ1v) is 7.35. The van der Waals surface area contributed by atoms with Gasteiger partial charge in [0.05, 0.1) is 6.61 Å². The van der Waals surface area contributed by atoms with Crippen LogP contribution in [0.25, 0.3) is 0 Å². The van der Waals surface area contributed by atoms with Crippen LogP contribution in [0.5, 0.6) is 0 Å². The van der Waals surface area contributed by atoms with E-state index in [1.165, 1.54) is 17.1 Å². The lowest BCUT2D eigenvalue weighted by atomic mass is 9.85. The maximum Gasteiger partial charge on any atom is 0.202 e. The van der Waals surface area contributed by atoms with Gasteiger partial charge in [-0.05, 0) is 17.7 Å². The van der Waals surface area contributed by atoms with Gasteiger partial charge in [0.2, 0.25) is 5.13 Å². The first-order chi connectivity index (χ1) is 9.62. The number of hydrogen-bond donors (Lipinski definition) is 1. The summed E-state index contributed by atoms with van der Waals surface area (Å²) >= 11 is 1.40. The quantitative estimate of drug-likeness (QED) is 0.849. The van der Waals surface area contributed by atoms with Crippen molar-refractivity contribution in [3.63, 3.8) is 0 Å². The molecule has 0 unspecified atom stereocenters. The van der Waals surface area contributed by atoms with Crippen LogP contribution in [0, 0.1) is 0 Å². The van der Waals surface area contributed by atoms with E-state index in [0.717, 1.165) is 23.9 Å². The zero-order valence-corrected chi connectivity index (χ0v) is 12.9. The van der Waals surface area contributed by atoms with Crippen LogP contribution < -0.4 is 5.32 Å². The standard InChI is InChI=1S/C14H20N4OS/c1-14(2,11-4-7-15-8-5-11)10-16-13-17-12(18-20-13)6-9-19-3/h4-5,7-8H,6,9-10H2,1-3H3,(H,16,17,18). The van der Waals surface area contributed by atoms with Crippen molar-refractivity contribution < 1.29 is 4.74 Å². The second-order valence-electron chi connectivity index (χ2n) is 5.23. The molecular weight excluding hydrogens is 272 g/mol. The number of nitrogens with one attached hydrogen (secondary N) is 1. The summed E-state index contributed by atoms with van der Waals surface area (Å²) in [5.41, 5.74) is 1.27. The van der Waals surface area contributed by atoms with Gasteiger partial charge in [-0.25, -0.2) is 4.98 Å². The maximum absolute atomic E-state index is 5.03. The zero-order valence-electron chi connectivity index (χ0n) is 12.1. The summed E-state index contributed by atoms with van der Waals surface area (Å²) in [6.07, 6.45) is 4.40. The highest BCUT2D eigenvalue weighted by Gasteiger charge is 2.20. The lowest BCUT2D eigenvalue weighted by molar-refractivity contribution is 0.201. The predicted octanol–water partition coefficient (Wildman–Crippen LogP) is 2.51. The SMILES string of the molecule is COCCc1nsc(NCC(C)(C)c2ccncc2)n1. The van der Waals surface area contributed by atoms with Crippen LogP contribution in [0.3, 0.4) is 0 Å². The second kappa shape index (κ2) is 6.76. The molecule has 0 spiro atoms. The molecule has 2 heterocycles. The summed E-state index contributed by atoms with van der Waals surface area (Å²) in [5, 5.41) is 4.22. The molecule has 5 nitrogen and oxygen atoms in total. The van der Waals surface area contributed by atoms with Gasteiger partial charge in [0.1, 0.15) is 5.82 Å². The third-order valence-corrected chi connectivity index (χ3v) is 3.85. The van der Waals surface area contributed by atoms with Crippen molar-refractivity contribution in [2.75, 3.05) is 25.6 Å². The van der Waals surface area contributed by atoms with E-state index in [-0.39, 0.29) is 5.41 Å². The number of ether oxygens (including phenoxy) is 1. The Hall–Kier alpha value is -1.53. The number of hydrogen-bond acceptors (Lipinski definition) is 6. The Labute approximate surface area is 123 Å². The van der Waals surface area contributed by atoms with Crippen LogP contribution in [0.1, 0.15) is 25.2 Å². The number of anilines is 1. The highest BCUT2D eigenvalue weighted by Crippen LogP contribution is 2.23. The first-order valence-electron chi connectivity index (χ1n) is 6.58. The normalized spacial score (nSPS) is 11.6. The van der Waals surface area contributed by atoms with Crippen LogP contribution in [0.4, 0.5) is 5.13 Å². The average Bonchev–Trinajstić information content (AvgIpc) is 2.92. The molecule has 2 aromatic rings. The molecule has 0 fully saturated rings. The number of methoxy groups -OCH3 is 1. The van der Waals surface area contributed by atoms with Crippen molar-refractivity contribution in [1.29, 1.82) is 0 Å². The van der Waals surface area contributed by atoms with E-state index in [4.69, 9.17) is 4.74 Å². The molecule has 108 valence electrons. The van der Waals surface area contributed by atoms with E-state index in [9.17, 15) is 0 Å². The van der Waals surface area contributed by atoms with E-state index >= 15 is 0 Å². The van der Waals surface area contributed by atoms with E-state index < -0.39 is 0 Å². The molecule has 2 aromatic heterocycles. The molecule has 1 N–H and O–H groups in total. The Balaban J connectivity index is 1.92. The largest absolute Gasteiger partial charge is 0.384 e. The van der Waals surface area contributed by atoms with Crippen molar-refractivity contribution in [2.45, 2.75) is 25.7 Å². The molecule has 0 amide bonds. The van der Waals surface area contributed by atoms with Gasteiger partial charge in [0.15, 0.2) is 0 Å². The molecule has 6 heteroatoms. The molecule has 0 aliphatic carbocycles. The smallest absolute Gasteiger partial charge is 0.202 e. The molecule has 0 aliphatic rings. The molecule has 0 saturated carbocycles. The summed E-state index contributed by atoms with van der Waals surface area (Å²) < 4.78 is 9.33. The van der Waals surface area contributed by atoms with E-state index in [0.29, 0.717) is 6.61 Å². The minimum absolute atomic E-state index is 0.0152. The summed E-state index contributed by atoms with van der Waals surface area (Å²) in [6.45, 7) is 5.85. The Morgan fingerprint density at radius 1 is 1.30 bits per heavy atom. The highest BCUT2D eigenvalue weighted by molar-refractivity contribution is 7.09. The number of nitrogens with zero attached hydrogens (tertiary/aromatic N) is 3. The molecule has 0 aliphatic heterocycles. The topological polar surface area (TPSA) is 59.9 Å². The van der Waals surface area contributed by atoms with Gasteiger partial charge in [0, 0.05) is 49.4 Å². The van der Waals surface area contributed by atoms with Gasteiger partial charge in [0.25, 0.3) is 0 Å². The van der Waals surface area contributed by atoms with E-state index in [2.05, 4.69) is 33.5 Å². The third-order valence-electron chi connectivity index (χ3n) is 3.14. The summed E-state index contributed by atoms with van der Waals surface area (Å²) in [4.78, 5) is 8.50. The Morgan fingerprint density at radius 3 is 2.75 bits per heavy atom. The summed E-state index contributed by atoms with van der Waals surface area (Å²) in [6, 6.07) is 4.09. The van der Waals surface area contributed by atoms with Crippen molar-refractivity contribution in [3.8, 4) is 0 Å². The van der Waals surface area contributed by atoms with Crippen LogP contribution >= 0.6 is 11.5 Å². The average molecular weight is 292 g/mol. The molecule has 0 atom stereocenters. The molecule has 0 radical (unpaired) electrons. The van der Waals surface area contributed by atoms with Gasteiger partial charge in [-0.15, -0.1) is 0 Å². The molecular formula is C14H20N4OS. The molecule has 20 heavy (non-hydrogen) atoms. The van der Waals surface area contributed by atoms with Crippen molar-refractivity contribution in [2.24, 2.45) is 0 Å². The lowest BCUT2D eigenvalue weighted by Crippen LogP contribution is -2.27. The first kappa shape index (κ1) is 14.9. The van der Waals surface area contributed by atoms with E-state index in [1.54, 1.807) is 7.11 Å². The second-order valence-corrected chi connectivity index (χ2v) is 5.98. The number of rotatable bonds is 7. The molecule has 2 rings (SSSR count). The fraction of sp³-hybridized carbons (Fsp3) is 0.500. The fourth-order valence-corrected chi connectivity index (χ4v) is 2.43. The monoisotopic (exact) mass is 292 g/mol. The Kier molecular flexibility index (Phi) is 5.03. The summed E-state index contributed by atoms with van der Waals surface area (Å²) in [7, 11) is 1.68.